The monoisotopic (exact) mass is 377 g/mol. The summed E-state index contributed by atoms with van der Waals surface area (Å²) in [7, 11) is 1.98. The van der Waals surface area contributed by atoms with E-state index in [1.165, 1.54) is 17.7 Å². The van der Waals surface area contributed by atoms with Crippen molar-refractivity contribution in [2.75, 3.05) is 20.3 Å². The molecule has 0 radical (unpaired) electrons. The fraction of sp³-hybridized carbons (Fsp3) is 0.391. The van der Waals surface area contributed by atoms with E-state index in [0.29, 0.717) is 25.4 Å². The van der Waals surface area contributed by atoms with Crippen LogP contribution in [0.15, 0.2) is 60.7 Å². The first-order valence-corrected chi connectivity index (χ1v) is 9.96. The molecule has 5 nitrogen and oxygen atoms in total. The molecule has 146 valence electrons. The molecule has 1 saturated carbocycles. The second-order valence-corrected chi connectivity index (χ2v) is 8.19. The summed E-state index contributed by atoms with van der Waals surface area (Å²) in [5.74, 6) is 0.581. The number of hydrogen-bond donors (Lipinski definition) is 1. The van der Waals surface area contributed by atoms with Crippen LogP contribution >= 0.6 is 0 Å². The van der Waals surface area contributed by atoms with Crippen LogP contribution in [0, 0.1) is 5.92 Å². The zero-order chi connectivity index (χ0) is 19.6. The van der Waals surface area contributed by atoms with E-state index in [1.807, 2.05) is 67.7 Å². The number of urea groups is 1. The Morgan fingerprint density at radius 3 is 2.00 bits per heavy atom. The highest BCUT2D eigenvalue weighted by Crippen LogP contribution is 2.30. The maximum absolute atomic E-state index is 13.5. The lowest BCUT2D eigenvalue weighted by Gasteiger charge is -2.28. The van der Waals surface area contributed by atoms with Gasteiger partial charge in [0, 0.05) is 19.4 Å². The Hall–Kier alpha value is -2.66. The molecule has 0 aromatic heterocycles. The Morgan fingerprint density at radius 2 is 1.50 bits per heavy atom. The van der Waals surface area contributed by atoms with Gasteiger partial charge in [-0.1, -0.05) is 60.7 Å². The number of amides is 3. The van der Waals surface area contributed by atoms with Gasteiger partial charge in [0.2, 0.25) is 0 Å². The Labute approximate surface area is 166 Å². The predicted molar refractivity (Wildman–Crippen MR) is 109 cm³/mol. The van der Waals surface area contributed by atoms with Crippen LogP contribution in [-0.2, 0) is 17.6 Å². The molecule has 1 aliphatic heterocycles. The van der Waals surface area contributed by atoms with Crippen LogP contribution in [-0.4, -0.2) is 47.5 Å². The van der Waals surface area contributed by atoms with Crippen molar-refractivity contribution in [3.8, 4) is 0 Å². The summed E-state index contributed by atoms with van der Waals surface area (Å²) in [4.78, 5) is 29.7. The lowest BCUT2D eigenvalue weighted by Crippen LogP contribution is -2.51. The van der Waals surface area contributed by atoms with Gasteiger partial charge in [-0.05, 0) is 36.9 Å². The van der Waals surface area contributed by atoms with Crippen LogP contribution in [0.3, 0.4) is 0 Å². The van der Waals surface area contributed by atoms with E-state index in [0.717, 1.165) is 17.7 Å². The maximum atomic E-state index is 13.5. The molecule has 5 heteroatoms. The molecule has 1 heterocycles. The van der Waals surface area contributed by atoms with E-state index in [4.69, 9.17) is 0 Å². The highest BCUT2D eigenvalue weighted by molar-refractivity contribution is 6.07. The van der Waals surface area contributed by atoms with Crippen molar-refractivity contribution >= 4 is 11.9 Å². The second-order valence-electron chi connectivity index (χ2n) is 8.19. The number of imide groups is 1. The normalized spacial score (nSPS) is 18.6. The third-order valence-corrected chi connectivity index (χ3v) is 5.59. The zero-order valence-corrected chi connectivity index (χ0v) is 16.3. The molecule has 2 aromatic rings. The molecule has 1 aliphatic carbocycles. The molecule has 0 unspecified atom stereocenters. The molecule has 2 aliphatic rings. The smallest absolute Gasteiger partial charge is 0.322 e. The number of hydrogen-bond acceptors (Lipinski definition) is 3. The average molecular weight is 377 g/mol. The number of nitrogens with zero attached hydrogens (tertiary/aromatic N) is 2. The van der Waals surface area contributed by atoms with Gasteiger partial charge in [-0.25, -0.2) is 9.69 Å². The highest BCUT2D eigenvalue weighted by atomic mass is 16.2. The molecule has 4 rings (SSSR count). The summed E-state index contributed by atoms with van der Waals surface area (Å²) in [6.45, 7) is 1.27. The standard InChI is InChI=1S/C23H27N3O2/c1-25(16-20-12-13-20)17-26-21(27)23(24-22(26)28,14-18-8-4-2-5-9-18)15-19-10-6-3-7-11-19/h2-11,20H,12-17H2,1H3,(H,24,28). The van der Waals surface area contributed by atoms with Gasteiger partial charge < -0.3 is 5.32 Å². The van der Waals surface area contributed by atoms with Crippen LogP contribution in [0.25, 0.3) is 0 Å². The lowest BCUT2D eigenvalue weighted by molar-refractivity contribution is -0.132. The Bertz CT molecular complexity index is 792. The second kappa shape index (κ2) is 7.76. The first-order chi connectivity index (χ1) is 13.6. The quantitative estimate of drug-likeness (QED) is 0.720. The molecule has 28 heavy (non-hydrogen) atoms. The summed E-state index contributed by atoms with van der Waals surface area (Å²) >= 11 is 0. The number of rotatable bonds is 8. The molecule has 0 spiro atoms. The Balaban J connectivity index is 1.58. The van der Waals surface area contributed by atoms with E-state index in [-0.39, 0.29) is 11.9 Å². The van der Waals surface area contributed by atoms with Crippen LogP contribution in [0.5, 0.6) is 0 Å². The van der Waals surface area contributed by atoms with Gasteiger partial charge in [0.05, 0.1) is 6.67 Å². The fourth-order valence-electron chi connectivity index (χ4n) is 4.04. The van der Waals surface area contributed by atoms with Gasteiger partial charge in [-0.15, -0.1) is 0 Å². The average Bonchev–Trinajstić information content (AvgIpc) is 3.47. The van der Waals surface area contributed by atoms with Crippen molar-refractivity contribution in [3.63, 3.8) is 0 Å². The van der Waals surface area contributed by atoms with Crippen molar-refractivity contribution in [2.45, 2.75) is 31.2 Å². The Morgan fingerprint density at radius 1 is 0.964 bits per heavy atom. The minimum atomic E-state index is -0.944. The highest BCUT2D eigenvalue weighted by Gasteiger charge is 2.51. The zero-order valence-electron chi connectivity index (χ0n) is 16.3. The molecular weight excluding hydrogens is 350 g/mol. The Kier molecular flexibility index (Phi) is 5.18. The molecule has 3 amide bonds. The predicted octanol–water partition coefficient (Wildman–Crippen LogP) is 3.06. The molecule has 0 atom stereocenters. The van der Waals surface area contributed by atoms with Gasteiger partial charge in [0.15, 0.2) is 0 Å². The van der Waals surface area contributed by atoms with Crippen molar-refractivity contribution in [3.05, 3.63) is 71.8 Å². The van der Waals surface area contributed by atoms with Gasteiger partial charge in [-0.3, -0.25) is 9.69 Å². The molecule has 0 bridgehead atoms. The number of carbonyl (C=O) groups excluding carboxylic acids is 2. The van der Waals surface area contributed by atoms with Crippen LogP contribution in [0.2, 0.25) is 0 Å². The van der Waals surface area contributed by atoms with Crippen LogP contribution in [0.1, 0.15) is 24.0 Å². The maximum Gasteiger partial charge on any atom is 0.326 e. The lowest BCUT2D eigenvalue weighted by atomic mass is 9.84. The minimum Gasteiger partial charge on any atom is -0.322 e. The summed E-state index contributed by atoms with van der Waals surface area (Å²) in [5.41, 5.74) is 1.14. The van der Waals surface area contributed by atoms with Crippen molar-refractivity contribution in [1.29, 1.82) is 0 Å². The summed E-state index contributed by atoms with van der Waals surface area (Å²) < 4.78 is 0. The van der Waals surface area contributed by atoms with E-state index in [2.05, 4.69) is 10.2 Å². The first kappa shape index (κ1) is 18.7. The first-order valence-electron chi connectivity index (χ1n) is 9.96. The van der Waals surface area contributed by atoms with E-state index in [9.17, 15) is 9.59 Å². The largest absolute Gasteiger partial charge is 0.326 e. The fourth-order valence-corrected chi connectivity index (χ4v) is 4.04. The third-order valence-electron chi connectivity index (χ3n) is 5.59. The third kappa shape index (κ3) is 4.09. The van der Waals surface area contributed by atoms with Gasteiger partial charge in [-0.2, -0.15) is 0 Å². The number of carbonyl (C=O) groups is 2. The van der Waals surface area contributed by atoms with Crippen molar-refractivity contribution < 1.29 is 9.59 Å². The van der Waals surface area contributed by atoms with Crippen molar-refractivity contribution in [1.82, 2.24) is 15.1 Å². The molecule has 1 N–H and O–H groups in total. The molecule has 1 saturated heterocycles. The topological polar surface area (TPSA) is 52.6 Å². The summed E-state index contributed by atoms with van der Waals surface area (Å²) in [6.07, 6.45) is 3.46. The van der Waals surface area contributed by atoms with E-state index < -0.39 is 5.54 Å². The molecular formula is C23H27N3O2. The van der Waals surface area contributed by atoms with Crippen molar-refractivity contribution in [2.24, 2.45) is 5.92 Å². The van der Waals surface area contributed by atoms with Gasteiger partial charge in [0.25, 0.3) is 5.91 Å². The minimum absolute atomic E-state index is 0.132. The van der Waals surface area contributed by atoms with Crippen LogP contribution in [0.4, 0.5) is 4.79 Å². The number of nitrogens with one attached hydrogen (secondary N) is 1. The SMILES string of the molecule is CN(CC1CC1)CN1C(=O)NC(Cc2ccccc2)(Cc2ccccc2)C1=O. The van der Waals surface area contributed by atoms with Gasteiger partial charge >= 0.3 is 6.03 Å². The summed E-state index contributed by atoms with van der Waals surface area (Å²) in [5, 5.41) is 3.05. The summed E-state index contributed by atoms with van der Waals surface area (Å²) in [6, 6.07) is 19.5. The molecule has 2 aromatic carbocycles. The van der Waals surface area contributed by atoms with Gasteiger partial charge in [0.1, 0.15) is 5.54 Å². The number of benzene rings is 2. The van der Waals surface area contributed by atoms with E-state index >= 15 is 0 Å². The molecule has 2 fully saturated rings. The van der Waals surface area contributed by atoms with E-state index in [1.54, 1.807) is 0 Å². The van der Waals surface area contributed by atoms with Crippen LogP contribution < -0.4 is 5.32 Å².